The highest BCUT2D eigenvalue weighted by molar-refractivity contribution is 9.10. The van der Waals surface area contributed by atoms with Gasteiger partial charge in [-0.15, -0.1) is 0 Å². The first-order valence-corrected chi connectivity index (χ1v) is 4.92. The molecule has 2 aromatic rings. The van der Waals surface area contributed by atoms with Gasteiger partial charge < -0.3 is 5.32 Å². The van der Waals surface area contributed by atoms with Crippen LogP contribution < -0.4 is 5.32 Å². The fourth-order valence-electron chi connectivity index (χ4n) is 1.08. The molecule has 0 saturated carbocycles. The van der Waals surface area contributed by atoms with Crippen LogP contribution in [0.15, 0.2) is 35.1 Å². The standard InChI is InChI=1S/C9H9BrN4/c1-14-6-4-8(13-14)12-9-7(10)3-2-5-11-9/h2-6H,1H3,(H,11,12,13). The summed E-state index contributed by atoms with van der Waals surface area (Å²) in [6.07, 6.45) is 3.61. The Kier molecular flexibility index (Phi) is 2.49. The van der Waals surface area contributed by atoms with Gasteiger partial charge in [0.2, 0.25) is 0 Å². The van der Waals surface area contributed by atoms with Crippen LogP contribution in [0.3, 0.4) is 0 Å². The first-order valence-electron chi connectivity index (χ1n) is 4.13. The lowest BCUT2D eigenvalue weighted by Crippen LogP contribution is -1.96. The van der Waals surface area contributed by atoms with Gasteiger partial charge in [-0.25, -0.2) is 4.98 Å². The second-order valence-corrected chi connectivity index (χ2v) is 3.69. The van der Waals surface area contributed by atoms with Crippen molar-refractivity contribution in [2.45, 2.75) is 0 Å². The molecule has 72 valence electrons. The quantitative estimate of drug-likeness (QED) is 0.893. The third-order valence-electron chi connectivity index (χ3n) is 1.72. The Balaban J connectivity index is 2.23. The van der Waals surface area contributed by atoms with Gasteiger partial charge in [-0.1, -0.05) is 0 Å². The number of aryl methyl sites for hydroxylation is 1. The normalized spacial score (nSPS) is 10.1. The summed E-state index contributed by atoms with van der Waals surface area (Å²) in [5.74, 6) is 1.55. The molecule has 4 nitrogen and oxygen atoms in total. The molecule has 0 saturated heterocycles. The molecule has 0 aromatic carbocycles. The fourth-order valence-corrected chi connectivity index (χ4v) is 1.43. The van der Waals surface area contributed by atoms with E-state index in [-0.39, 0.29) is 0 Å². The fraction of sp³-hybridized carbons (Fsp3) is 0.111. The molecule has 5 heteroatoms. The largest absolute Gasteiger partial charge is 0.323 e. The molecule has 0 aliphatic heterocycles. The van der Waals surface area contributed by atoms with Crippen molar-refractivity contribution in [3.63, 3.8) is 0 Å². The lowest BCUT2D eigenvalue weighted by Gasteiger charge is -2.02. The Bertz CT molecular complexity index is 438. The van der Waals surface area contributed by atoms with Crippen LogP contribution in [0.1, 0.15) is 0 Å². The second kappa shape index (κ2) is 3.79. The summed E-state index contributed by atoms with van der Waals surface area (Å²) >= 11 is 3.40. The highest BCUT2D eigenvalue weighted by atomic mass is 79.9. The number of anilines is 2. The van der Waals surface area contributed by atoms with Gasteiger partial charge in [0.25, 0.3) is 0 Å². The van der Waals surface area contributed by atoms with Crippen molar-refractivity contribution in [2.75, 3.05) is 5.32 Å². The number of hydrogen-bond donors (Lipinski definition) is 1. The highest BCUT2D eigenvalue weighted by Crippen LogP contribution is 2.21. The minimum atomic E-state index is 0.770. The number of rotatable bonds is 2. The average Bonchev–Trinajstić information content (AvgIpc) is 2.56. The molecule has 0 amide bonds. The molecule has 2 rings (SSSR count). The number of nitrogens with one attached hydrogen (secondary N) is 1. The summed E-state index contributed by atoms with van der Waals surface area (Å²) in [6, 6.07) is 5.69. The molecule has 0 fully saturated rings. The summed E-state index contributed by atoms with van der Waals surface area (Å²) in [6.45, 7) is 0. The lowest BCUT2D eigenvalue weighted by atomic mass is 10.4. The summed E-state index contributed by atoms with van der Waals surface area (Å²) in [7, 11) is 1.87. The molecule has 14 heavy (non-hydrogen) atoms. The van der Waals surface area contributed by atoms with Crippen molar-refractivity contribution < 1.29 is 0 Å². The van der Waals surface area contributed by atoms with Gasteiger partial charge in [-0.2, -0.15) is 5.10 Å². The zero-order valence-corrected chi connectivity index (χ0v) is 9.19. The van der Waals surface area contributed by atoms with Crippen molar-refractivity contribution in [1.82, 2.24) is 14.8 Å². The summed E-state index contributed by atoms with van der Waals surface area (Å²) in [5, 5.41) is 7.29. The lowest BCUT2D eigenvalue weighted by molar-refractivity contribution is 0.771. The van der Waals surface area contributed by atoms with Gasteiger partial charge in [-0.3, -0.25) is 4.68 Å². The molecule has 2 heterocycles. The molecule has 0 bridgehead atoms. The molecule has 2 aromatic heterocycles. The molecule has 0 aliphatic carbocycles. The molecule has 0 atom stereocenters. The van der Waals surface area contributed by atoms with Crippen molar-refractivity contribution in [2.24, 2.45) is 7.05 Å². The van der Waals surface area contributed by atoms with E-state index >= 15 is 0 Å². The number of halogens is 1. The topological polar surface area (TPSA) is 42.7 Å². The third-order valence-corrected chi connectivity index (χ3v) is 2.36. The molecule has 1 N–H and O–H groups in total. The molecule has 0 aliphatic rings. The Labute approximate surface area is 90.1 Å². The minimum Gasteiger partial charge on any atom is -0.323 e. The second-order valence-electron chi connectivity index (χ2n) is 2.83. The molecular weight excluding hydrogens is 244 g/mol. The van der Waals surface area contributed by atoms with E-state index in [1.54, 1.807) is 10.9 Å². The Morgan fingerprint density at radius 1 is 1.43 bits per heavy atom. The maximum Gasteiger partial charge on any atom is 0.153 e. The number of pyridine rings is 1. The Morgan fingerprint density at radius 3 is 2.93 bits per heavy atom. The zero-order chi connectivity index (χ0) is 9.97. The van der Waals surface area contributed by atoms with Crippen LogP contribution in [-0.4, -0.2) is 14.8 Å². The van der Waals surface area contributed by atoms with Gasteiger partial charge >= 0.3 is 0 Å². The van der Waals surface area contributed by atoms with E-state index in [2.05, 4.69) is 31.3 Å². The van der Waals surface area contributed by atoms with E-state index in [0.29, 0.717) is 0 Å². The van der Waals surface area contributed by atoms with Crippen LogP contribution in [0.4, 0.5) is 11.6 Å². The number of hydrogen-bond acceptors (Lipinski definition) is 3. The third kappa shape index (κ3) is 1.93. The predicted molar refractivity (Wildman–Crippen MR) is 58.4 cm³/mol. The van der Waals surface area contributed by atoms with E-state index < -0.39 is 0 Å². The maximum atomic E-state index is 4.19. The van der Waals surface area contributed by atoms with Crippen LogP contribution in [0.2, 0.25) is 0 Å². The summed E-state index contributed by atoms with van der Waals surface area (Å²) < 4.78 is 2.66. The predicted octanol–water partition coefficient (Wildman–Crippen LogP) is 2.32. The van der Waals surface area contributed by atoms with E-state index in [1.165, 1.54) is 0 Å². The molecular formula is C9H9BrN4. The van der Waals surface area contributed by atoms with Gasteiger partial charge in [0.05, 0.1) is 4.47 Å². The maximum absolute atomic E-state index is 4.19. The van der Waals surface area contributed by atoms with E-state index in [1.807, 2.05) is 31.4 Å². The first kappa shape index (κ1) is 9.21. The van der Waals surface area contributed by atoms with Crippen molar-refractivity contribution in [3.05, 3.63) is 35.1 Å². The Hall–Kier alpha value is -1.36. The van der Waals surface area contributed by atoms with Crippen LogP contribution in [-0.2, 0) is 7.05 Å². The summed E-state index contributed by atoms with van der Waals surface area (Å²) in [4.78, 5) is 4.18. The van der Waals surface area contributed by atoms with E-state index in [9.17, 15) is 0 Å². The van der Waals surface area contributed by atoms with E-state index in [0.717, 1.165) is 16.1 Å². The number of aromatic nitrogens is 3. The molecule has 0 unspecified atom stereocenters. The SMILES string of the molecule is Cn1ccc(Nc2ncccc2Br)n1. The van der Waals surface area contributed by atoms with Gasteiger partial charge in [0.1, 0.15) is 5.82 Å². The van der Waals surface area contributed by atoms with E-state index in [4.69, 9.17) is 0 Å². The summed E-state index contributed by atoms with van der Waals surface area (Å²) in [5.41, 5.74) is 0. The van der Waals surface area contributed by atoms with Crippen molar-refractivity contribution in [3.8, 4) is 0 Å². The van der Waals surface area contributed by atoms with Gasteiger partial charge in [0, 0.05) is 25.5 Å². The first-order chi connectivity index (χ1) is 6.75. The zero-order valence-electron chi connectivity index (χ0n) is 7.61. The van der Waals surface area contributed by atoms with Crippen LogP contribution in [0, 0.1) is 0 Å². The molecule has 0 radical (unpaired) electrons. The number of nitrogens with zero attached hydrogens (tertiary/aromatic N) is 3. The van der Waals surface area contributed by atoms with Crippen LogP contribution in [0.5, 0.6) is 0 Å². The average molecular weight is 253 g/mol. The Morgan fingerprint density at radius 2 is 2.29 bits per heavy atom. The van der Waals surface area contributed by atoms with Crippen LogP contribution >= 0.6 is 15.9 Å². The van der Waals surface area contributed by atoms with Crippen molar-refractivity contribution >= 4 is 27.6 Å². The minimum absolute atomic E-state index is 0.770. The van der Waals surface area contributed by atoms with Crippen molar-refractivity contribution in [1.29, 1.82) is 0 Å². The van der Waals surface area contributed by atoms with Crippen LogP contribution in [0.25, 0.3) is 0 Å². The van der Waals surface area contributed by atoms with Gasteiger partial charge in [0.15, 0.2) is 5.82 Å². The monoisotopic (exact) mass is 252 g/mol. The smallest absolute Gasteiger partial charge is 0.153 e. The molecule has 0 spiro atoms. The van der Waals surface area contributed by atoms with Gasteiger partial charge in [-0.05, 0) is 28.1 Å². The highest BCUT2D eigenvalue weighted by Gasteiger charge is 2.01.